The number of hydrogen-bond donors (Lipinski definition) is 1. The molecule has 20 heavy (non-hydrogen) atoms. The van der Waals surface area contributed by atoms with Crippen LogP contribution in [0.4, 0.5) is 0 Å². The van der Waals surface area contributed by atoms with Crippen LogP contribution in [-0.2, 0) is 14.3 Å². The molecule has 2 unspecified atom stereocenters. The lowest BCUT2D eigenvalue weighted by atomic mass is 9.86. The summed E-state index contributed by atoms with van der Waals surface area (Å²) < 4.78 is 5.07. The summed E-state index contributed by atoms with van der Waals surface area (Å²) in [5, 5.41) is 3.25. The lowest BCUT2D eigenvalue weighted by Gasteiger charge is -2.36. The molecule has 0 aromatic carbocycles. The molecule has 0 spiro atoms. The van der Waals surface area contributed by atoms with Crippen LogP contribution in [0.1, 0.15) is 33.1 Å². The molecule has 2 atom stereocenters. The van der Waals surface area contributed by atoms with E-state index in [0.29, 0.717) is 13.2 Å². The fourth-order valence-electron chi connectivity index (χ4n) is 3.00. The third kappa shape index (κ3) is 3.64. The molecule has 0 aromatic heterocycles. The SMILES string of the molecule is CCOC(=O)C1CCCN(C(=O)C2(C)CCNC2)C1.Cl. The standard InChI is InChI=1S/C14H24N2O3.ClH/c1-3-19-12(17)11-5-4-8-16(9-11)13(18)14(2)6-7-15-10-14;/h11,15H,3-10H2,1-2H3;1H. The first-order valence-corrected chi connectivity index (χ1v) is 7.23. The Morgan fingerprint density at radius 2 is 2.20 bits per heavy atom. The third-order valence-corrected chi connectivity index (χ3v) is 4.21. The van der Waals surface area contributed by atoms with Gasteiger partial charge in [0.05, 0.1) is 17.9 Å². The van der Waals surface area contributed by atoms with Crippen molar-refractivity contribution < 1.29 is 14.3 Å². The molecule has 2 heterocycles. The number of esters is 1. The molecule has 1 amide bonds. The van der Waals surface area contributed by atoms with E-state index in [2.05, 4.69) is 5.32 Å². The van der Waals surface area contributed by atoms with Gasteiger partial charge in [-0.15, -0.1) is 12.4 Å². The molecule has 5 nitrogen and oxygen atoms in total. The lowest BCUT2D eigenvalue weighted by molar-refractivity contribution is -0.153. The van der Waals surface area contributed by atoms with Gasteiger partial charge in [0.2, 0.25) is 5.91 Å². The molecule has 0 aromatic rings. The third-order valence-electron chi connectivity index (χ3n) is 4.21. The van der Waals surface area contributed by atoms with Crippen molar-refractivity contribution in [2.24, 2.45) is 11.3 Å². The van der Waals surface area contributed by atoms with Crippen molar-refractivity contribution in [1.29, 1.82) is 0 Å². The predicted octanol–water partition coefficient (Wildman–Crippen LogP) is 1.21. The maximum atomic E-state index is 12.6. The maximum absolute atomic E-state index is 12.6. The highest BCUT2D eigenvalue weighted by atomic mass is 35.5. The van der Waals surface area contributed by atoms with E-state index in [1.165, 1.54) is 0 Å². The molecule has 1 N–H and O–H groups in total. The number of ether oxygens (including phenoxy) is 1. The monoisotopic (exact) mass is 304 g/mol. The van der Waals surface area contributed by atoms with Crippen molar-refractivity contribution in [1.82, 2.24) is 10.2 Å². The van der Waals surface area contributed by atoms with Crippen LogP contribution >= 0.6 is 12.4 Å². The van der Waals surface area contributed by atoms with Crippen LogP contribution in [0.25, 0.3) is 0 Å². The summed E-state index contributed by atoms with van der Waals surface area (Å²) in [5.41, 5.74) is -0.295. The Balaban J connectivity index is 0.00000200. The van der Waals surface area contributed by atoms with Crippen LogP contribution in [0, 0.1) is 11.3 Å². The Labute approximate surface area is 126 Å². The highest BCUT2D eigenvalue weighted by Gasteiger charge is 2.41. The molecule has 0 saturated carbocycles. The predicted molar refractivity (Wildman–Crippen MR) is 78.8 cm³/mol. The number of piperidine rings is 1. The molecule has 6 heteroatoms. The molecule has 2 aliphatic rings. The zero-order valence-corrected chi connectivity index (χ0v) is 13.1. The average molecular weight is 305 g/mol. The second kappa shape index (κ2) is 7.27. The second-order valence-electron chi connectivity index (χ2n) is 5.83. The van der Waals surface area contributed by atoms with Crippen molar-refractivity contribution in [3.63, 3.8) is 0 Å². The Kier molecular flexibility index (Phi) is 6.27. The first kappa shape index (κ1) is 17.2. The zero-order valence-electron chi connectivity index (χ0n) is 12.3. The summed E-state index contributed by atoms with van der Waals surface area (Å²) in [6.45, 7) is 7.17. The molecule has 2 aliphatic heterocycles. The smallest absolute Gasteiger partial charge is 0.310 e. The van der Waals surface area contributed by atoms with Gasteiger partial charge in [0.1, 0.15) is 0 Å². The van der Waals surface area contributed by atoms with Gasteiger partial charge in [-0.05, 0) is 39.7 Å². The largest absolute Gasteiger partial charge is 0.466 e. The summed E-state index contributed by atoms with van der Waals surface area (Å²) >= 11 is 0. The highest BCUT2D eigenvalue weighted by Crippen LogP contribution is 2.29. The number of likely N-dealkylation sites (tertiary alicyclic amines) is 1. The van der Waals surface area contributed by atoms with Gasteiger partial charge < -0.3 is 15.0 Å². The average Bonchev–Trinajstić information content (AvgIpc) is 2.86. The Morgan fingerprint density at radius 3 is 2.80 bits per heavy atom. The number of amides is 1. The van der Waals surface area contributed by atoms with Crippen LogP contribution in [0.15, 0.2) is 0 Å². The van der Waals surface area contributed by atoms with Gasteiger partial charge in [-0.25, -0.2) is 0 Å². The van der Waals surface area contributed by atoms with E-state index in [9.17, 15) is 9.59 Å². The van der Waals surface area contributed by atoms with Gasteiger partial charge in [-0.2, -0.15) is 0 Å². The number of nitrogens with one attached hydrogen (secondary N) is 1. The number of rotatable bonds is 3. The summed E-state index contributed by atoms with van der Waals surface area (Å²) in [4.78, 5) is 26.2. The summed E-state index contributed by atoms with van der Waals surface area (Å²) in [6.07, 6.45) is 2.60. The van der Waals surface area contributed by atoms with Gasteiger partial charge in [0.25, 0.3) is 0 Å². The van der Waals surface area contributed by atoms with E-state index >= 15 is 0 Å². The van der Waals surface area contributed by atoms with Gasteiger partial charge in [0, 0.05) is 19.6 Å². The van der Waals surface area contributed by atoms with Gasteiger partial charge >= 0.3 is 5.97 Å². The molecule has 0 radical (unpaired) electrons. The topological polar surface area (TPSA) is 58.6 Å². The highest BCUT2D eigenvalue weighted by molar-refractivity contribution is 5.85. The maximum Gasteiger partial charge on any atom is 0.310 e. The second-order valence-corrected chi connectivity index (χ2v) is 5.83. The lowest BCUT2D eigenvalue weighted by Crippen LogP contribution is -2.49. The van der Waals surface area contributed by atoms with Gasteiger partial charge in [-0.3, -0.25) is 9.59 Å². The van der Waals surface area contributed by atoms with Crippen LogP contribution in [0.5, 0.6) is 0 Å². The number of nitrogens with zero attached hydrogens (tertiary/aromatic N) is 1. The van der Waals surface area contributed by atoms with E-state index in [4.69, 9.17) is 4.74 Å². The quantitative estimate of drug-likeness (QED) is 0.796. The Morgan fingerprint density at radius 1 is 1.45 bits per heavy atom. The molecule has 2 fully saturated rings. The van der Waals surface area contributed by atoms with Crippen LogP contribution in [0.3, 0.4) is 0 Å². The van der Waals surface area contributed by atoms with Gasteiger partial charge in [-0.1, -0.05) is 0 Å². The molecule has 116 valence electrons. The molecule has 2 saturated heterocycles. The molecular formula is C14H25ClN2O3. The van der Waals surface area contributed by atoms with E-state index in [0.717, 1.165) is 38.9 Å². The van der Waals surface area contributed by atoms with Crippen LogP contribution < -0.4 is 5.32 Å². The fourth-order valence-corrected chi connectivity index (χ4v) is 3.00. The van der Waals surface area contributed by atoms with Gasteiger partial charge in [0.15, 0.2) is 0 Å². The number of carbonyl (C=O) groups is 2. The van der Waals surface area contributed by atoms with Crippen molar-refractivity contribution in [3.8, 4) is 0 Å². The van der Waals surface area contributed by atoms with Crippen molar-refractivity contribution in [2.75, 3.05) is 32.8 Å². The number of halogens is 1. The van der Waals surface area contributed by atoms with E-state index in [1.807, 2.05) is 18.7 Å². The van der Waals surface area contributed by atoms with E-state index < -0.39 is 0 Å². The molecule has 2 rings (SSSR count). The summed E-state index contributed by atoms with van der Waals surface area (Å²) in [5.74, 6) is -0.114. The normalized spacial score (nSPS) is 29.7. The van der Waals surface area contributed by atoms with E-state index in [-0.39, 0.29) is 35.6 Å². The number of hydrogen-bond acceptors (Lipinski definition) is 4. The minimum absolute atomic E-state index is 0. The Hall–Kier alpha value is -0.810. The minimum atomic E-state index is -0.295. The van der Waals surface area contributed by atoms with Crippen molar-refractivity contribution in [2.45, 2.75) is 33.1 Å². The first-order chi connectivity index (χ1) is 9.07. The first-order valence-electron chi connectivity index (χ1n) is 7.23. The van der Waals surface area contributed by atoms with E-state index in [1.54, 1.807) is 0 Å². The summed E-state index contributed by atoms with van der Waals surface area (Å²) in [6, 6.07) is 0. The molecular weight excluding hydrogens is 280 g/mol. The van der Waals surface area contributed by atoms with Crippen molar-refractivity contribution in [3.05, 3.63) is 0 Å². The van der Waals surface area contributed by atoms with Crippen LogP contribution in [-0.4, -0.2) is 49.6 Å². The zero-order chi connectivity index (χ0) is 13.9. The van der Waals surface area contributed by atoms with Crippen molar-refractivity contribution >= 4 is 24.3 Å². The summed E-state index contributed by atoms with van der Waals surface area (Å²) in [7, 11) is 0. The molecule has 0 aliphatic carbocycles. The van der Waals surface area contributed by atoms with Crippen LogP contribution in [0.2, 0.25) is 0 Å². The Bertz CT molecular complexity index is 356. The molecule has 0 bridgehead atoms. The number of carbonyl (C=O) groups excluding carboxylic acids is 2. The fraction of sp³-hybridized carbons (Fsp3) is 0.857. The minimum Gasteiger partial charge on any atom is -0.466 e.